The monoisotopic (exact) mass is 276 g/mol. The number of thiazole rings is 1. The minimum absolute atomic E-state index is 0.165. The molecule has 0 aliphatic carbocycles. The minimum Gasteiger partial charge on any atom is -0.497 e. The predicted octanol–water partition coefficient (Wildman–Crippen LogP) is 2.82. The lowest BCUT2D eigenvalue weighted by Crippen LogP contribution is -2.41. The second-order valence-corrected chi connectivity index (χ2v) is 5.40. The van der Waals surface area contributed by atoms with Crippen molar-refractivity contribution in [1.82, 2.24) is 10.3 Å². The Balaban J connectivity index is 2.14. The SMILES string of the molecule is COc1ccc(C(C)(C)NC(=O)c2cscn2)cc1. The number of hydrogen-bond acceptors (Lipinski definition) is 4. The highest BCUT2D eigenvalue weighted by Gasteiger charge is 2.24. The van der Waals surface area contributed by atoms with Gasteiger partial charge in [-0.1, -0.05) is 12.1 Å². The third kappa shape index (κ3) is 3.12. The normalized spacial score (nSPS) is 11.1. The van der Waals surface area contributed by atoms with Gasteiger partial charge in [-0.2, -0.15) is 0 Å². The Kier molecular flexibility index (Phi) is 3.85. The van der Waals surface area contributed by atoms with Crippen LogP contribution in [0.4, 0.5) is 0 Å². The molecular weight excluding hydrogens is 260 g/mol. The summed E-state index contributed by atoms with van der Waals surface area (Å²) in [4.78, 5) is 16.0. The third-order valence-corrected chi connectivity index (χ3v) is 3.49. The van der Waals surface area contributed by atoms with Gasteiger partial charge in [0.15, 0.2) is 0 Å². The van der Waals surface area contributed by atoms with Crippen LogP contribution < -0.4 is 10.1 Å². The van der Waals surface area contributed by atoms with Crippen LogP contribution in [0.3, 0.4) is 0 Å². The van der Waals surface area contributed by atoms with Gasteiger partial charge in [0, 0.05) is 5.38 Å². The fourth-order valence-electron chi connectivity index (χ4n) is 1.75. The third-order valence-electron chi connectivity index (χ3n) is 2.90. The topological polar surface area (TPSA) is 51.2 Å². The highest BCUT2D eigenvalue weighted by Crippen LogP contribution is 2.23. The van der Waals surface area contributed by atoms with Gasteiger partial charge in [-0.3, -0.25) is 4.79 Å². The number of rotatable bonds is 4. The first-order chi connectivity index (χ1) is 9.03. The molecule has 0 radical (unpaired) electrons. The number of carbonyl (C=O) groups excluding carboxylic acids is 1. The molecule has 19 heavy (non-hydrogen) atoms. The van der Waals surface area contributed by atoms with E-state index in [-0.39, 0.29) is 5.91 Å². The first-order valence-electron chi connectivity index (χ1n) is 5.88. The van der Waals surface area contributed by atoms with E-state index < -0.39 is 5.54 Å². The van der Waals surface area contributed by atoms with Gasteiger partial charge in [-0.25, -0.2) is 4.98 Å². The smallest absolute Gasteiger partial charge is 0.271 e. The fraction of sp³-hybridized carbons (Fsp3) is 0.286. The summed E-state index contributed by atoms with van der Waals surface area (Å²) in [6.07, 6.45) is 0. The van der Waals surface area contributed by atoms with Gasteiger partial charge in [0.25, 0.3) is 5.91 Å². The van der Waals surface area contributed by atoms with Crippen LogP contribution in [0, 0.1) is 0 Å². The van der Waals surface area contributed by atoms with Crippen molar-refractivity contribution >= 4 is 17.2 Å². The molecule has 5 heteroatoms. The van der Waals surface area contributed by atoms with E-state index in [2.05, 4.69) is 10.3 Å². The standard InChI is InChI=1S/C14H16N2O2S/c1-14(2,10-4-6-11(18-3)7-5-10)16-13(17)12-8-19-9-15-12/h4-9H,1-3H3,(H,16,17). The van der Waals surface area contributed by atoms with E-state index in [1.54, 1.807) is 18.0 Å². The second kappa shape index (κ2) is 5.40. The average Bonchev–Trinajstić information content (AvgIpc) is 2.92. The van der Waals surface area contributed by atoms with E-state index in [4.69, 9.17) is 4.74 Å². The van der Waals surface area contributed by atoms with Crippen molar-refractivity contribution in [3.8, 4) is 5.75 Å². The Morgan fingerprint density at radius 1 is 1.32 bits per heavy atom. The molecule has 0 aliphatic rings. The van der Waals surface area contributed by atoms with Crippen molar-refractivity contribution in [2.75, 3.05) is 7.11 Å². The number of amides is 1. The molecule has 1 heterocycles. The summed E-state index contributed by atoms with van der Waals surface area (Å²) in [6.45, 7) is 3.91. The molecule has 0 spiro atoms. The van der Waals surface area contributed by atoms with Crippen LogP contribution in [0.15, 0.2) is 35.2 Å². The minimum atomic E-state index is -0.465. The molecule has 0 fully saturated rings. The number of benzene rings is 1. The van der Waals surface area contributed by atoms with Crippen LogP contribution in [0.2, 0.25) is 0 Å². The number of nitrogens with one attached hydrogen (secondary N) is 1. The van der Waals surface area contributed by atoms with Gasteiger partial charge in [0.05, 0.1) is 18.2 Å². The van der Waals surface area contributed by atoms with Crippen LogP contribution in [0.1, 0.15) is 29.9 Å². The highest BCUT2D eigenvalue weighted by molar-refractivity contribution is 7.07. The molecule has 0 unspecified atom stereocenters. The van der Waals surface area contributed by atoms with E-state index in [0.717, 1.165) is 11.3 Å². The summed E-state index contributed by atoms with van der Waals surface area (Å²) in [5.41, 5.74) is 2.64. The van der Waals surface area contributed by atoms with Crippen LogP contribution >= 0.6 is 11.3 Å². The number of methoxy groups -OCH3 is 1. The van der Waals surface area contributed by atoms with E-state index >= 15 is 0 Å². The van der Waals surface area contributed by atoms with Crippen LogP contribution in [0.5, 0.6) is 5.75 Å². The maximum Gasteiger partial charge on any atom is 0.271 e. The first kappa shape index (κ1) is 13.5. The summed E-state index contributed by atoms with van der Waals surface area (Å²) in [5.74, 6) is 0.632. The summed E-state index contributed by atoms with van der Waals surface area (Å²) in [6, 6.07) is 7.65. The van der Waals surface area contributed by atoms with Crippen molar-refractivity contribution in [1.29, 1.82) is 0 Å². The van der Waals surface area contributed by atoms with Crippen LogP contribution in [0.25, 0.3) is 0 Å². The Hall–Kier alpha value is -1.88. The van der Waals surface area contributed by atoms with Crippen molar-refractivity contribution in [2.24, 2.45) is 0 Å². The average molecular weight is 276 g/mol. The van der Waals surface area contributed by atoms with E-state index in [9.17, 15) is 4.79 Å². The number of hydrogen-bond donors (Lipinski definition) is 1. The molecule has 1 aromatic heterocycles. The zero-order valence-corrected chi connectivity index (χ0v) is 12.0. The van der Waals surface area contributed by atoms with Gasteiger partial charge < -0.3 is 10.1 Å². The zero-order valence-electron chi connectivity index (χ0n) is 11.1. The molecule has 0 saturated carbocycles. The van der Waals surface area contributed by atoms with E-state index in [1.807, 2.05) is 38.1 Å². The van der Waals surface area contributed by atoms with Crippen molar-refractivity contribution in [3.63, 3.8) is 0 Å². The summed E-state index contributed by atoms with van der Waals surface area (Å²) >= 11 is 1.41. The Morgan fingerprint density at radius 2 is 2.00 bits per heavy atom. The summed E-state index contributed by atoms with van der Waals surface area (Å²) < 4.78 is 5.13. The molecule has 4 nitrogen and oxygen atoms in total. The maximum absolute atomic E-state index is 12.0. The van der Waals surface area contributed by atoms with Gasteiger partial charge in [0.1, 0.15) is 11.4 Å². The lowest BCUT2D eigenvalue weighted by molar-refractivity contribution is 0.0907. The molecule has 0 aliphatic heterocycles. The number of nitrogens with zero attached hydrogens (tertiary/aromatic N) is 1. The number of aromatic nitrogens is 1. The molecule has 0 saturated heterocycles. The second-order valence-electron chi connectivity index (χ2n) is 4.68. The number of ether oxygens (including phenoxy) is 1. The largest absolute Gasteiger partial charge is 0.497 e. The van der Waals surface area contributed by atoms with Gasteiger partial charge in [0.2, 0.25) is 0 Å². The molecule has 1 amide bonds. The highest BCUT2D eigenvalue weighted by atomic mass is 32.1. The van der Waals surface area contributed by atoms with E-state index in [0.29, 0.717) is 5.69 Å². The Bertz CT molecular complexity index is 547. The Labute approximate surface area is 116 Å². The molecule has 2 rings (SSSR count). The van der Waals surface area contributed by atoms with E-state index in [1.165, 1.54) is 11.3 Å². The lowest BCUT2D eigenvalue weighted by Gasteiger charge is -2.26. The van der Waals surface area contributed by atoms with Crippen molar-refractivity contribution in [2.45, 2.75) is 19.4 Å². The molecule has 1 N–H and O–H groups in total. The molecular formula is C14H16N2O2S. The van der Waals surface area contributed by atoms with Gasteiger partial charge in [-0.05, 0) is 31.5 Å². The van der Waals surface area contributed by atoms with Crippen molar-refractivity contribution < 1.29 is 9.53 Å². The maximum atomic E-state index is 12.0. The molecule has 1 aromatic carbocycles. The quantitative estimate of drug-likeness (QED) is 0.934. The molecule has 100 valence electrons. The molecule has 0 bridgehead atoms. The van der Waals surface area contributed by atoms with Gasteiger partial charge in [-0.15, -0.1) is 11.3 Å². The number of carbonyl (C=O) groups is 1. The predicted molar refractivity (Wildman–Crippen MR) is 75.6 cm³/mol. The van der Waals surface area contributed by atoms with Crippen molar-refractivity contribution in [3.05, 3.63) is 46.4 Å². The fourth-order valence-corrected chi connectivity index (χ4v) is 2.28. The summed E-state index contributed by atoms with van der Waals surface area (Å²) in [7, 11) is 1.63. The first-order valence-corrected chi connectivity index (χ1v) is 6.82. The zero-order chi connectivity index (χ0) is 13.9. The lowest BCUT2D eigenvalue weighted by atomic mass is 9.94. The summed E-state index contributed by atoms with van der Waals surface area (Å²) in [5, 5.41) is 4.71. The van der Waals surface area contributed by atoms with Crippen LogP contribution in [-0.2, 0) is 5.54 Å². The van der Waals surface area contributed by atoms with Crippen LogP contribution in [-0.4, -0.2) is 18.0 Å². The molecule has 2 aromatic rings. The van der Waals surface area contributed by atoms with Gasteiger partial charge >= 0.3 is 0 Å². The molecule has 0 atom stereocenters. The Morgan fingerprint density at radius 3 is 2.53 bits per heavy atom.